The molecule has 2 aliphatic heterocycles. The first kappa shape index (κ1) is 19.7. The van der Waals surface area contributed by atoms with Crippen molar-refractivity contribution in [1.29, 1.82) is 0 Å². The largest absolute Gasteiger partial charge is 0.349 e. The van der Waals surface area contributed by atoms with Gasteiger partial charge in [-0.25, -0.2) is 4.79 Å². The highest BCUT2D eigenvalue weighted by Gasteiger charge is 2.24. The molecule has 0 saturated carbocycles. The molecule has 3 rings (SSSR count). The van der Waals surface area contributed by atoms with Crippen molar-refractivity contribution in [2.75, 3.05) is 33.7 Å². The van der Waals surface area contributed by atoms with Crippen LogP contribution in [0.3, 0.4) is 0 Å². The number of hydrogen-bond acceptors (Lipinski definition) is 4. The molecule has 3 amide bonds. The third-order valence-corrected chi connectivity index (χ3v) is 5.51. The lowest BCUT2D eigenvalue weighted by Gasteiger charge is -2.29. The first-order valence-electron chi connectivity index (χ1n) is 9.99. The molecule has 0 radical (unpaired) electrons. The average molecular weight is 377 g/mol. The van der Waals surface area contributed by atoms with Gasteiger partial charge in [-0.2, -0.15) is 5.10 Å². The lowest BCUT2D eigenvalue weighted by molar-refractivity contribution is -0.126. The predicted octanol–water partition coefficient (Wildman–Crippen LogP) is 1.26. The van der Waals surface area contributed by atoms with E-state index in [4.69, 9.17) is 0 Å². The minimum atomic E-state index is -0.103. The fourth-order valence-corrected chi connectivity index (χ4v) is 3.83. The van der Waals surface area contributed by atoms with Gasteiger partial charge in [0.1, 0.15) is 0 Å². The Morgan fingerprint density at radius 3 is 2.52 bits per heavy atom. The summed E-state index contributed by atoms with van der Waals surface area (Å²) in [5.41, 5.74) is 1.86. The fourth-order valence-electron chi connectivity index (χ4n) is 3.83. The predicted molar refractivity (Wildman–Crippen MR) is 103 cm³/mol. The molecule has 8 nitrogen and oxygen atoms in total. The Hall–Kier alpha value is -2.09. The third-order valence-electron chi connectivity index (χ3n) is 5.51. The van der Waals surface area contributed by atoms with Gasteiger partial charge in [-0.1, -0.05) is 12.8 Å². The Kier molecular flexibility index (Phi) is 6.36. The second-order valence-corrected chi connectivity index (χ2v) is 7.79. The van der Waals surface area contributed by atoms with Gasteiger partial charge in [-0.15, -0.1) is 0 Å². The summed E-state index contributed by atoms with van der Waals surface area (Å²) in [5, 5.41) is 7.62. The lowest BCUT2D eigenvalue weighted by atomic mass is 10.2. The number of nitrogens with one attached hydrogen (secondary N) is 1. The van der Waals surface area contributed by atoms with E-state index in [1.165, 1.54) is 25.7 Å². The zero-order chi connectivity index (χ0) is 19.4. The Morgan fingerprint density at radius 1 is 1.15 bits per heavy atom. The molecular formula is C19H32N6O2. The van der Waals surface area contributed by atoms with Gasteiger partial charge >= 0.3 is 6.03 Å². The molecule has 150 valence electrons. The van der Waals surface area contributed by atoms with Gasteiger partial charge in [0.25, 0.3) is 0 Å². The number of carbonyl (C=O) groups is 2. The van der Waals surface area contributed by atoms with Crippen molar-refractivity contribution in [3.8, 4) is 0 Å². The number of rotatable bonds is 4. The standard InChI is InChI=1S/C19H32N6O2/c1-15(23-8-6-4-5-7-9-23)18(26)20-13-16-12-17-14-24(19(27)22(2)3)10-11-25(17)21-16/h12,15H,4-11,13-14H2,1-3H3,(H,20,26)/t15-/m1/s1. The average Bonchev–Trinajstić information content (AvgIpc) is 2.87. The smallest absolute Gasteiger partial charge is 0.319 e. The van der Waals surface area contributed by atoms with Crippen LogP contribution in [0.25, 0.3) is 0 Å². The van der Waals surface area contributed by atoms with E-state index in [1.54, 1.807) is 19.0 Å². The van der Waals surface area contributed by atoms with Crippen LogP contribution < -0.4 is 5.32 Å². The van der Waals surface area contributed by atoms with E-state index in [2.05, 4.69) is 15.3 Å². The SMILES string of the molecule is C[C@H](C(=O)NCc1cc2n(n1)CCN(C(=O)N(C)C)C2)N1CCCCCC1. The van der Waals surface area contributed by atoms with Crippen LogP contribution in [0, 0.1) is 0 Å². The quantitative estimate of drug-likeness (QED) is 0.859. The number of amides is 3. The van der Waals surface area contributed by atoms with Gasteiger partial charge in [0, 0.05) is 20.6 Å². The molecule has 8 heteroatoms. The summed E-state index contributed by atoms with van der Waals surface area (Å²) in [6, 6.07) is 1.91. The number of aromatic nitrogens is 2. The Bertz CT molecular complexity index is 663. The van der Waals surface area contributed by atoms with Crippen molar-refractivity contribution in [2.24, 2.45) is 0 Å². The van der Waals surface area contributed by atoms with Crippen molar-refractivity contribution in [3.63, 3.8) is 0 Å². The van der Waals surface area contributed by atoms with Gasteiger partial charge in [0.05, 0.1) is 37.1 Å². The van der Waals surface area contributed by atoms with E-state index in [0.29, 0.717) is 26.2 Å². The molecule has 3 heterocycles. The summed E-state index contributed by atoms with van der Waals surface area (Å²) >= 11 is 0. The molecule has 0 aliphatic carbocycles. The maximum Gasteiger partial charge on any atom is 0.319 e. The summed E-state index contributed by atoms with van der Waals surface area (Å²) in [6.45, 7) is 6.33. The zero-order valence-corrected chi connectivity index (χ0v) is 16.8. The van der Waals surface area contributed by atoms with Crippen LogP contribution in [0.4, 0.5) is 4.79 Å². The molecule has 0 bridgehead atoms. The maximum absolute atomic E-state index is 12.5. The van der Waals surface area contributed by atoms with Crippen LogP contribution in [0.2, 0.25) is 0 Å². The van der Waals surface area contributed by atoms with Gasteiger partial charge < -0.3 is 15.1 Å². The molecule has 0 spiro atoms. The second-order valence-electron chi connectivity index (χ2n) is 7.79. The highest BCUT2D eigenvalue weighted by Crippen LogP contribution is 2.15. The monoisotopic (exact) mass is 376 g/mol. The maximum atomic E-state index is 12.5. The van der Waals surface area contributed by atoms with Gasteiger partial charge in [-0.3, -0.25) is 14.4 Å². The number of urea groups is 1. The molecule has 1 saturated heterocycles. The van der Waals surface area contributed by atoms with Crippen molar-refractivity contribution in [2.45, 2.75) is 58.3 Å². The number of hydrogen-bond donors (Lipinski definition) is 1. The lowest BCUT2D eigenvalue weighted by Crippen LogP contribution is -2.45. The summed E-state index contributed by atoms with van der Waals surface area (Å²) in [6.07, 6.45) is 4.87. The van der Waals surface area contributed by atoms with Crippen molar-refractivity contribution < 1.29 is 9.59 Å². The summed E-state index contributed by atoms with van der Waals surface area (Å²) in [4.78, 5) is 30.4. The Morgan fingerprint density at radius 2 is 1.85 bits per heavy atom. The van der Waals surface area contributed by atoms with E-state index < -0.39 is 0 Å². The third kappa shape index (κ3) is 4.80. The molecule has 0 aromatic carbocycles. The molecule has 1 N–H and O–H groups in total. The minimum Gasteiger partial charge on any atom is -0.349 e. The highest BCUT2D eigenvalue weighted by molar-refractivity contribution is 5.81. The highest BCUT2D eigenvalue weighted by atomic mass is 16.2. The summed E-state index contributed by atoms with van der Waals surface area (Å²) < 4.78 is 1.94. The summed E-state index contributed by atoms with van der Waals surface area (Å²) in [5.74, 6) is 0.0623. The molecule has 1 atom stereocenters. The minimum absolute atomic E-state index is 0.0172. The van der Waals surface area contributed by atoms with Crippen molar-refractivity contribution >= 4 is 11.9 Å². The normalized spacial score (nSPS) is 19.1. The van der Waals surface area contributed by atoms with Gasteiger partial charge in [-0.05, 0) is 38.9 Å². The molecule has 2 aliphatic rings. The van der Waals surface area contributed by atoms with Crippen LogP contribution in [-0.4, -0.2) is 76.2 Å². The topological polar surface area (TPSA) is 73.7 Å². The molecule has 1 aromatic rings. The molecule has 27 heavy (non-hydrogen) atoms. The zero-order valence-electron chi connectivity index (χ0n) is 16.8. The molecule has 1 aromatic heterocycles. The Balaban J connectivity index is 1.53. The first-order valence-corrected chi connectivity index (χ1v) is 9.99. The van der Waals surface area contributed by atoms with E-state index in [0.717, 1.165) is 24.5 Å². The van der Waals surface area contributed by atoms with Crippen LogP contribution >= 0.6 is 0 Å². The van der Waals surface area contributed by atoms with Crippen LogP contribution in [-0.2, 0) is 24.4 Å². The van der Waals surface area contributed by atoms with Crippen molar-refractivity contribution in [1.82, 2.24) is 29.8 Å². The fraction of sp³-hybridized carbons (Fsp3) is 0.737. The van der Waals surface area contributed by atoms with E-state index in [1.807, 2.05) is 22.6 Å². The summed E-state index contributed by atoms with van der Waals surface area (Å²) in [7, 11) is 3.53. The van der Waals surface area contributed by atoms with E-state index in [-0.39, 0.29) is 18.0 Å². The van der Waals surface area contributed by atoms with Crippen LogP contribution in [0.15, 0.2) is 6.07 Å². The molecular weight excluding hydrogens is 344 g/mol. The number of nitrogens with zero attached hydrogens (tertiary/aromatic N) is 5. The van der Waals surface area contributed by atoms with Crippen LogP contribution in [0.1, 0.15) is 44.0 Å². The number of fused-ring (bicyclic) bond motifs is 1. The number of carbonyl (C=O) groups excluding carboxylic acids is 2. The molecule has 1 fully saturated rings. The van der Waals surface area contributed by atoms with Crippen molar-refractivity contribution in [3.05, 3.63) is 17.5 Å². The van der Waals surface area contributed by atoms with Crippen LogP contribution in [0.5, 0.6) is 0 Å². The molecule has 0 unspecified atom stereocenters. The van der Waals surface area contributed by atoms with Gasteiger partial charge in [0.15, 0.2) is 0 Å². The second kappa shape index (κ2) is 8.73. The van der Waals surface area contributed by atoms with E-state index >= 15 is 0 Å². The first-order chi connectivity index (χ1) is 13.0. The Labute approximate surface area is 161 Å². The number of likely N-dealkylation sites (tertiary alicyclic amines) is 1. The van der Waals surface area contributed by atoms with Gasteiger partial charge in [0.2, 0.25) is 5.91 Å². The van der Waals surface area contributed by atoms with E-state index in [9.17, 15) is 9.59 Å².